The Bertz CT molecular complexity index is 546. The number of aromatic nitrogens is 2. The Kier molecular flexibility index (Phi) is 3.80. The van der Waals surface area contributed by atoms with E-state index in [0.29, 0.717) is 25.3 Å². The standard InChI is InChI=1S/C15H21N3O3/c1-2-4-11-9-12(17-16-11)14(20)18-7-6-15(13(19)10-18)5-3-8-21-15/h9H,2-8,10H2,1H3,(H,16,17)/t15-/m1/s1. The van der Waals surface area contributed by atoms with Crippen molar-refractivity contribution in [1.82, 2.24) is 15.1 Å². The zero-order chi connectivity index (χ0) is 14.9. The van der Waals surface area contributed by atoms with Gasteiger partial charge in [-0.3, -0.25) is 14.7 Å². The Balaban J connectivity index is 1.67. The fourth-order valence-electron chi connectivity index (χ4n) is 3.17. The fourth-order valence-corrected chi connectivity index (χ4v) is 3.17. The minimum Gasteiger partial charge on any atom is -0.367 e. The summed E-state index contributed by atoms with van der Waals surface area (Å²) in [5, 5.41) is 6.94. The van der Waals surface area contributed by atoms with E-state index < -0.39 is 5.60 Å². The van der Waals surface area contributed by atoms with Crippen LogP contribution in [0.3, 0.4) is 0 Å². The van der Waals surface area contributed by atoms with Crippen molar-refractivity contribution in [3.8, 4) is 0 Å². The number of H-pyrrole nitrogens is 1. The van der Waals surface area contributed by atoms with Crippen LogP contribution in [-0.4, -0.2) is 52.1 Å². The summed E-state index contributed by atoms with van der Waals surface area (Å²) < 4.78 is 5.65. The number of ketones is 1. The summed E-state index contributed by atoms with van der Waals surface area (Å²) in [5.74, 6) is -0.140. The summed E-state index contributed by atoms with van der Waals surface area (Å²) in [6, 6.07) is 1.78. The van der Waals surface area contributed by atoms with Gasteiger partial charge in [0.25, 0.3) is 5.91 Å². The Hall–Kier alpha value is -1.69. The first-order chi connectivity index (χ1) is 10.1. The molecule has 1 N–H and O–H groups in total. The molecule has 0 saturated carbocycles. The number of carbonyl (C=O) groups is 2. The van der Waals surface area contributed by atoms with Crippen molar-refractivity contribution in [3.05, 3.63) is 17.5 Å². The van der Waals surface area contributed by atoms with Gasteiger partial charge in [-0.1, -0.05) is 13.3 Å². The third-order valence-corrected chi connectivity index (χ3v) is 4.39. The minimum absolute atomic E-state index is 0.0314. The van der Waals surface area contributed by atoms with Crippen LogP contribution >= 0.6 is 0 Å². The van der Waals surface area contributed by atoms with Crippen molar-refractivity contribution in [1.29, 1.82) is 0 Å². The fraction of sp³-hybridized carbons (Fsp3) is 0.667. The van der Waals surface area contributed by atoms with Gasteiger partial charge in [-0.15, -0.1) is 0 Å². The molecule has 1 aromatic rings. The second-order valence-corrected chi connectivity index (χ2v) is 5.87. The number of ether oxygens (including phenoxy) is 1. The molecule has 2 aliphatic heterocycles. The van der Waals surface area contributed by atoms with Crippen molar-refractivity contribution in [3.63, 3.8) is 0 Å². The molecule has 1 aromatic heterocycles. The quantitative estimate of drug-likeness (QED) is 0.911. The van der Waals surface area contributed by atoms with Gasteiger partial charge in [0.2, 0.25) is 0 Å². The average Bonchev–Trinajstić information content (AvgIpc) is 3.12. The van der Waals surface area contributed by atoms with Gasteiger partial charge in [-0.2, -0.15) is 5.10 Å². The summed E-state index contributed by atoms with van der Waals surface area (Å²) in [6.45, 7) is 3.42. The zero-order valence-corrected chi connectivity index (χ0v) is 12.4. The number of likely N-dealkylation sites (tertiary alicyclic amines) is 1. The van der Waals surface area contributed by atoms with E-state index in [1.807, 2.05) is 0 Å². The normalized spacial score (nSPS) is 25.8. The first-order valence-corrected chi connectivity index (χ1v) is 7.65. The van der Waals surface area contributed by atoms with Crippen molar-refractivity contribution in [2.24, 2.45) is 0 Å². The van der Waals surface area contributed by atoms with E-state index in [2.05, 4.69) is 17.1 Å². The first kappa shape index (κ1) is 14.3. The molecule has 1 spiro atoms. The highest BCUT2D eigenvalue weighted by atomic mass is 16.5. The maximum Gasteiger partial charge on any atom is 0.274 e. The average molecular weight is 291 g/mol. The number of hydrogen-bond acceptors (Lipinski definition) is 4. The summed E-state index contributed by atoms with van der Waals surface area (Å²) >= 11 is 0. The van der Waals surface area contributed by atoms with E-state index in [1.54, 1.807) is 11.0 Å². The van der Waals surface area contributed by atoms with Gasteiger partial charge < -0.3 is 9.64 Å². The van der Waals surface area contributed by atoms with Crippen LogP contribution < -0.4 is 0 Å². The molecule has 1 amide bonds. The molecule has 6 heteroatoms. The van der Waals surface area contributed by atoms with Crippen molar-refractivity contribution in [2.45, 2.75) is 44.6 Å². The zero-order valence-electron chi connectivity index (χ0n) is 12.4. The number of carbonyl (C=O) groups excluding carboxylic acids is 2. The largest absolute Gasteiger partial charge is 0.367 e. The third kappa shape index (κ3) is 2.60. The lowest BCUT2D eigenvalue weighted by Gasteiger charge is -2.36. The molecular weight excluding hydrogens is 270 g/mol. The van der Waals surface area contributed by atoms with E-state index in [9.17, 15) is 9.59 Å². The van der Waals surface area contributed by atoms with Gasteiger partial charge in [-0.25, -0.2) is 0 Å². The van der Waals surface area contributed by atoms with E-state index >= 15 is 0 Å². The van der Waals surface area contributed by atoms with Gasteiger partial charge >= 0.3 is 0 Å². The lowest BCUT2D eigenvalue weighted by molar-refractivity contribution is -0.144. The molecule has 3 rings (SSSR count). The number of amides is 1. The Labute approximate surface area is 123 Å². The molecule has 2 aliphatic rings. The molecule has 6 nitrogen and oxygen atoms in total. The van der Waals surface area contributed by atoms with Gasteiger partial charge in [-0.05, 0) is 25.3 Å². The number of piperidine rings is 1. The first-order valence-electron chi connectivity index (χ1n) is 7.65. The predicted octanol–water partition coefficient (Wildman–Crippen LogP) is 1.33. The maximum atomic E-state index is 12.4. The third-order valence-electron chi connectivity index (χ3n) is 4.39. The van der Waals surface area contributed by atoms with Crippen LogP contribution in [0, 0.1) is 0 Å². The number of nitrogens with zero attached hydrogens (tertiary/aromatic N) is 2. The summed E-state index contributed by atoms with van der Waals surface area (Å²) in [7, 11) is 0. The summed E-state index contributed by atoms with van der Waals surface area (Å²) in [6.07, 6.45) is 4.19. The molecule has 1 atom stereocenters. The van der Waals surface area contributed by atoms with Gasteiger partial charge in [0.15, 0.2) is 5.78 Å². The SMILES string of the molecule is CCCc1cc(C(=O)N2CC[C@]3(CCCO3)C(=O)C2)n[nH]1. The maximum absolute atomic E-state index is 12.4. The Morgan fingerprint density at radius 3 is 3.05 bits per heavy atom. The molecule has 0 aromatic carbocycles. The molecule has 114 valence electrons. The van der Waals surface area contributed by atoms with E-state index in [0.717, 1.165) is 31.4 Å². The van der Waals surface area contributed by atoms with Crippen molar-refractivity contribution in [2.75, 3.05) is 19.7 Å². The minimum atomic E-state index is -0.615. The summed E-state index contributed by atoms with van der Waals surface area (Å²) in [5.41, 5.74) is 0.741. The molecule has 0 unspecified atom stereocenters. The van der Waals surface area contributed by atoms with Crippen LogP contribution in [0.5, 0.6) is 0 Å². The molecule has 0 radical (unpaired) electrons. The van der Waals surface area contributed by atoms with Crippen LogP contribution in [0.25, 0.3) is 0 Å². The number of nitrogens with one attached hydrogen (secondary N) is 1. The Morgan fingerprint density at radius 2 is 2.38 bits per heavy atom. The van der Waals surface area contributed by atoms with E-state index in [4.69, 9.17) is 4.74 Å². The number of aryl methyl sites for hydroxylation is 1. The molecule has 2 fully saturated rings. The lowest BCUT2D eigenvalue weighted by Crippen LogP contribution is -2.53. The van der Waals surface area contributed by atoms with Crippen LogP contribution in [0.1, 0.15) is 48.8 Å². The highest BCUT2D eigenvalue weighted by molar-refractivity contribution is 5.98. The van der Waals surface area contributed by atoms with Gasteiger partial charge in [0.1, 0.15) is 11.3 Å². The second kappa shape index (κ2) is 5.60. The van der Waals surface area contributed by atoms with Gasteiger partial charge in [0.05, 0.1) is 6.54 Å². The number of rotatable bonds is 3. The molecule has 21 heavy (non-hydrogen) atoms. The number of aromatic amines is 1. The topological polar surface area (TPSA) is 75.3 Å². The highest BCUT2D eigenvalue weighted by Gasteiger charge is 2.46. The smallest absolute Gasteiger partial charge is 0.274 e. The molecule has 0 aliphatic carbocycles. The molecule has 0 bridgehead atoms. The monoisotopic (exact) mass is 291 g/mol. The predicted molar refractivity (Wildman–Crippen MR) is 76.0 cm³/mol. The van der Waals surface area contributed by atoms with Crippen molar-refractivity contribution < 1.29 is 14.3 Å². The second-order valence-electron chi connectivity index (χ2n) is 5.87. The number of Topliss-reactive ketones (excluding diaryl/α,β-unsaturated/α-hetero) is 1. The van der Waals surface area contributed by atoms with Crippen molar-refractivity contribution >= 4 is 11.7 Å². The van der Waals surface area contributed by atoms with Crippen LogP contribution in [0.4, 0.5) is 0 Å². The van der Waals surface area contributed by atoms with E-state index in [-0.39, 0.29) is 18.2 Å². The van der Waals surface area contributed by atoms with Crippen LogP contribution in [0.15, 0.2) is 6.07 Å². The molecule has 2 saturated heterocycles. The number of hydrogen-bond donors (Lipinski definition) is 1. The molecular formula is C15H21N3O3. The Morgan fingerprint density at radius 1 is 1.52 bits per heavy atom. The van der Waals surface area contributed by atoms with E-state index in [1.165, 1.54) is 0 Å². The lowest BCUT2D eigenvalue weighted by atomic mass is 9.87. The molecule has 3 heterocycles. The summed E-state index contributed by atoms with van der Waals surface area (Å²) in [4.78, 5) is 26.3. The van der Waals surface area contributed by atoms with Crippen LogP contribution in [0.2, 0.25) is 0 Å². The highest BCUT2D eigenvalue weighted by Crippen LogP contribution is 2.33. The van der Waals surface area contributed by atoms with Crippen LogP contribution in [-0.2, 0) is 16.0 Å². The van der Waals surface area contributed by atoms with Gasteiger partial charge in [0, 0.05) is 25.3 Å².